The summed E-state index contributed by atoms with van der Waals surface area (Å²) in [5.41, 5.74) is -0.676. The van der Waals surface area contributed by atoms with Gasteiger partial charge in [-0.3, -0.25) is 4.79 Å². The standard InChI is InChI=1S/C11H22O3/c1-4-7-11(14,9(2)3)8-5-6-10(12)13/h9,14H,4-8H2,1-3H3,(H,12,13). The molecule has 0 saturated heterocycles. The number of hydrogen-bond acceptors (Lipinski definition) is 2. The Morgan fingerprint density at radius 2 is 1.93 bits per heavy atom. The van der Waals surface area contributed by atoms with Crippen LogP contribution in [0, 0.1) is 5.92 Å². The maximum Gasteiger partial charge on any atom is 0.303 e. The number of hydrogen-bond donors (Lipinski definition) is 2. The molecule has 14 heavy (non-hydrogen) atoms. The highest BCUT2D eigenvalue weighted by Crippen LogP contribution is 2.28. The Balaban J connectivity index is 4.02. The summed E-state index contributed by atoms with van der Waals surface area (Å²) in [5.74, 6) is -0.594. The van der Waals surface area contributed by atoms with Gasteiger partial charge < -0.3 is 10.2 Å². The fraction of sp³-hybridized carbons (Fsp3) is 0.909. The first-order valence-corrected chi connectivity index (χ1v) is 5.36. The monoisotopic (exact) mass is 202 g/mol. The van der Waals surface area contributed by atoms with Gasteiger partial charge in [0, 0.05) is 6.42 Å². The summed E-state index contributed by atoms with van der Waals surface area (Å²) in [4.78, 5) is 10.3. The van der Waals surface area contributed by atoms with E-state index in [4.69, 9.17) is 5.11 Å². The zero-order chi connectivity index (χ0) is 11.2. The highest BCUT2D eigenvalue weighted by atomic mass is 16.4. The Morgan fingerprint density at radius 3 is 2.29 bits per heavy atom. The van der Waals surface area contributed by atoms with Gasteiger partial charge in [-0.05, 0) is 25.2 Å². The van der Waals surface area contributed by atoms with E-state index in [-0.39, 0.29) is 12.3 Å². The molecule has 3 heteroatoms. The molecular weight excluding hydrogens is 180 g/mol. The normalized spacial score (nSPS) is 15.5. The van der Waals surface area contributed by atoms with Gasteiger partial charge in [0.15, 0.2) is 0 Å². The molecule has 2 N–H and O–H groups in total. The fourth-order valence-corrected chi connectivity index (χ4v) is 1.68. The molecule has 0 aromatic carbocycles. The lowest BCUT2D eigenvalue weighted by molar-refractivity contribution is -0.137. The SMILES string of the molecule is CCCC(O)(CCCC(=O)O)C(C)C. The predicted octanol–water partition coefficient (Wildman–Crippen LogP) is 2.43. The molecule has 84 valence electrons. The molecule has 0 amide bonds. The van der Waals surface area contributed by atoms with E-state index in [0.29, 0.717) is 12.8 Å². The molecular formula is C11H22O3. The Hall–Kier alpha value is -0.570. The van der Waals surface area contributed by atoms with Crippen molar-refractivity contribution < 1.29 is 15.0 Å². The first-order chi connectivity index (χ1) is 6.42. The minimum atomic E-state index is -0.785. The van der Waals surface area contributed by atoms with Crippen molar-refractivity contribution in [3.05, 3.63) is 0 Å². The van der Waals surface area contributed by atoms with Crippen molar-refractivity contribution in [1.29, 1.82) is 0 Å². The van der Waals surface area contributed by atoms with E-state index in [0.717, 1.165) is 12.8 Å². The second-order valence-corrected chi connectivity index (χ2v) is 4.26. The molecule has 0 bridgehead atoms. The molecule has 0 heterocycles. The van der Waals surface area contributed by atoms with Gasteiger partial charge in [-0.15, -0.1) is 0 Å². The van der Waals surface area contributed by atoms with Crippen LogP contribution in [-0.4, -0.2) is 21.8 Å². The molecule has 0 fully saturated rings. The number of carboxylic acids is 1. The van der Waals surface area contributed by atoms with Crippen LogP contribution in [0.2, 0.25) is 0 Å². The average molecular weight is 202 g/mol. The second kappa shape index (κ2) is 6.02. The van der Waals surface area contributed by atoms with Crippen molar-refractivity contribution in [1.82, 2.24) is 0 Å². The maximum atomic E-state index is 10.3. The average Bonchev–Trinajstić information content (AvgIpc) is 2.03. The number of aliphatic carboxylic acids is 1. The Morgan fingerprint density at radius 1 is 1.36 bits per heavy atom. The fourth-order valence-electron chi connectivity index (χ4n) is 1.68. The van der Waals surface area contributed by atoms with E-state index < -0.39 is 11.6 Å². The second-order valence-electron chi connectivity index (χ2n) is 4.26. The first-order valence-electron chi connectivity index (χ1n) is 5.36. The predicted molar refractivity (Wildman–Crippen MR) is 56.2 cm³/mol. The van der Waals surface area contributed by atoms with Crippen molar-refractivity contribution in [2.24, 2.45) is 5.92 Å². The van der Waals surface area contributed by atoms with Crippen LogP contribution in [0.25, 0.3) is 0 Å². The number of carbonyl (C=O) groups is 1. The van der Waals surface area contributed by atoms with E-state index in [2.05, 4.69) is 0 Å². The number of aliphatic hydroxyl groups is 1. The Bertz CT molecular complexity index is 177. The van der Waals surface area contributed by atoms with Crippen molar-refractivity contribution in [2.75, 3.05) is 0 Å². The van der Waals surface area contributed by atoms with Crippen LogP contribution < -0.4 is 0 Å². The largest absolute Gasteiger partial charge is 0.481 e. The quantitative estimate of drug-likeness (QED) is 0.666. The molecule has 0 aliphatic carbocycles. The van der Waals surface area contributed by atoms with Crippen LogP contribution in [0.15, 0.2) is 0 Å². The molecule has 0 spiro atoms. The van der Waals surface area contributed by atoms with Crippen molar-refractivity contribution in [3.8, 4) is 0 Å². The lowest BCUT2D eigenvalue weighted by Gasteiger charge is -2.32. The topological polar surface area (TPSA) is 57.5 Å². The molecule has 1 atom stereocenters. The summed E-state index contributed by atoms with van der Waals surface area (Å²) in [7, 11) is 0. The van der Waals surface area contributed by atoms with E-state index in [9.17, 15) is 9.90 Å². The van der Waals surface area contributed by atoms with E-state index in [1.807, 2.05) is 20.8 Å². The summed E-state index contributed by atoms with van der Waals surface area (Å²) < 4.78 is 0. The van der Waals surface area contributed by atoms with E-state index in [1.165, 1.54) is 0 Å². The minimum Gasteiger partial charge on any atom is -0.481 e. The highest BCUT2D eigenvalue weighted by Gasteiger charge is 2.29. The van der Waals surface area contributed by atoms with Gasteiger partial charge in [0.25, 0.3) is 0 Å². The van der Waals surface area contributed by atoms with Gasteiger partial charge in [0.1, 0.15) is 0 Å². The van der Waals surface area contributed by atoms with Gasteiger partial charge in [-0.2, -0.15) is 0 Å². The van der Waals surface area contributed by atoms with E-state index in [1.54, 1.807) is 0 Å². The smallest absolute Gasteiger partial charge is 0.303 e. The van der Waals surface area contributed by atoms with Crippen molar-refractivity contribution in [2.45, 2.75) is 58.5 Å². The van der Waals surface area contributed by atoms with E-state index >= 15 is 0 Å². The van der Waals surface area contributed by atoms with Crippen LogP contribution in [0.1, 0.15) is 52.9 Å². The summed E-state index contributed by atoms with van der Waals surface area (Å²) >= 11 is 0. The van der Waals surface area contributed by atoms with Crippen LogP contribution >= 0.6 is 0 Å². The molecule has 0 aliphatic heterocycles. The van der Waals surface area contributed by atoms with Crippen LogP contribution in [0.5, 0.6) is 0 Å². The van der Waals surface area contributed by atoms with Crippen LogP contribution in [0.4, 0.5) is 0 Å². The maximum absolute atomic E-state index is 10.3. The Kier molecular flexibility index (Phi) is 5.77. The van der Waals surface area contributed by atoms with Gasteiger partial charge in [-0.1, -0.05) is 27.2 Å². The molecule has 0 aromatic heterocycles. The molecule has 0 aliphatic rings. The lowest BCUT2D eigenvalue weighted by Crippen LogP contribution is -2.34. The summed E-state index contributed by atoms with van der Waals surface area (Å²) in [6, 6.07) is 0. The van der Waals surface area contributed by atoms with Crippen molar-refractivity contribution >= 4 is 5.97 Å². The molecule has 0 radical (unpaired) electrons. The third-order valence-corrected chi connectivity index (χ3v) is 2.76. The van der Waals surface area contributed by atoms with Gasteiger partial charge in [0.05, 0.1) is 5.60 Å². The highest BCUT2D eigenvalue weighted by molar-refractivity contribution is 5.66. The van der Waals surface area contributed by atoms with Gasteiger partial charge in [0.2, 0.25) is 0 Å². The zero-order valence-corrected chi connectivity index (χ0v) is 9.42. The first kappa shape index (κ1) is 13.4. The molecule has 0 rings (SSSR count). The molecule has 0 saturated carbocycles. The minimum absolute atomic E-state index is 0.152. The summed E-state index contributed by atoms with van der Waals surface area (Å²) in [6.45, 7) is 6.00. The lowest BCUT2D eigenvalue weighted by atomic mass is 9.82. The van der Waals surface area contributed by atoms with Crippen molar-refractivity contribution in [3.63, 3.8) is 0 Å². The Labute approximate surface area is 86.1 Å². The number of rotatable bonds is 7. The van der Waals surface area contributed by atoms with Gasteiger partial charge >= 0.3 is 5.97 Å². The summed E-state index contributed by atoms with van der Waals surface area (Å²) in [5, 5.41) is 18.7. The van der Waals surface area contributed by atoms with Crippen LogP contribution in [-0.2, 0) is 4.79 Å². The molecule has 3 nitrogen and oxygen atoms in total. The third-order valence-electron chi connectivity index (χ3n) is 2.76. The molecule has 0 aromatic rings. The number of carboxylic acid groups (broad SMARTS) is 1. The third kappa shape index (κ3) is 4.61. The molecule has 1 unspecified atom stereocenters. The summed E-state index contributed by atoms with van der Waals surface area (Å²) in [6.07, 6.45) is 2.99. The van der Waals surface area contributed by atoms with Gasteiger partial charge in [-0.25, -0.2) is 0 Å². The van der Waals surface area contributed by atoms with Crippen LogP contribution in [0.3, 0.4) is 0 Å². The zero-order valence-electron chi connectivity index (χ0n) is 9.42.